The molecule has 0 aliphatic rings. The summed E-state index contributed by atoms with van der Waals surface area (Å²) < 4.78 is 0. The van der Waals surface area contributed by atoms with E-state index in [1.54, 1.807) is 11.6 Å². The van der Waals surface area contributed by atoms with Gasteiger partial charge >= 0.3 is 5.96 Å². The summed E-state index contributed by atoms with van der Waals surface area (Å²) in [6.07, 6.45) is 11.5. The summed E-state index contributed by atoms with van der Waals surface area (Å²) in [6, 6.07) is 0. The van der Waals surface area contributed by atoms with Crippen LogP contribution in [0.15, 0.2) is 20.4 Å². The predicted octanol–water partition coefficient (Wildman–Crippen LogP) is -1.14. The highest BCUT2D eigenvalue weighted by atomic mass is 127. The lowest BCUT2D eigenvalue weighted by atomic mass is 10.4. The SMILES string of the molecule is CCCC=N/N=C(\NN=CCCC)[NH2+]N=CCCC.[I-]. The second-order valence-corrected chi connectivity index (χ2v) is 4.03. The summed E-state index contributed by atoms with van der Waals surface area (Å²) in [5.41, 5.74) is 4.49. The third-order valence-electron chi connectivity index (χ3n) is 2.07. The Morgan fingerprint density at radius 1 is 0.950 bits per heavy atom. The largest absolute Gasteiger partial charge is 1.00 e. The van der Waals surface area contributed by atoms with Crippen molar-refractivity contribution in [2.45, 2.75) is 59.3 Å². The van der Waals surface area contributed by atoms with Gasteiger partial charge in [-0.2, -0.15) is 15.6 Å². The van der Waals surface area contributed by atoms with Crippen LogP contribution in [0.5, 0.6) is 0 Å². The first-order valence-electron chi connectivity index (χ1n) is 7.06. The molecular formula is C13H27IN6. The van der Waals surface area contributed by atoms with Gasteiger partial charge in [-0.1, -0.05) is 50.2 Å². The van der Waals surface area contributed by atoms with Gasteiger partial charge < -0.3 is 24.0 Å². The van der Waals surface area contributed by atoms with Gasteiger partial charge in [0.25, 0.3) is 0 Å². The van der Waals surface area contributed by atoms with Crippen molar-refractivity contribution in [3.05, 3.63) is 0 Å². The maximum absolute atomic E-state index is 4.17. The fraction of sp³-hybridized carbons (Fsp3) is 0.692. The molecular weight excluding hydrogens is 367 g/mol. The molecule has 0 aromatic carbocycles. The first kappa shape index (κ1) is 21.5. The lowest BCUT2D eigenvalue weighted by molar-refractivity contribution is -0.549. The Balaban J connectivity index is 0. The Labute approximate surface area is 139 Å². The molecule has 0 atom stereocenters. The number of hydrazone groups is 1. The molecule has 0 rings (SSSR count). The normalized spacial score (nSPS) is 12.4. The van der Waals surface area contributed by atoms with Gasteiger partial charge in [0, 0.05) is 12.4 Å². The summed E-state index contributed by atoms with van der Waals surface area (Å²) in [5.74, 6) is 0.548. The number of halogens is 1. The number of rotatable bonds is 9. The van der Waals surface area contributed by atoms with E-state index in [9.17, 15) is 0 Å². The van der Waals surface area contributed by atoms with Crippen molar-refractivity contribution in [3.8, 4) is 0 Å². The van der Waals surface area contributed by atoms with Crippen LogP contribution in [0.4, 0.5) is 0 Å². The molecule has 0 radical (unpaired) electrons. The monoisotopic (exact) mass is 394 g/mol. The fourth-order valence-corrected chi connectivity index (χ4v) is 0.999. The van der Waals surface area contributed by atoms with Gasteiger partial charge in [0.1, 0.15) is 0 Å². The first-order valence-corrected chi connectivity index (χ1v) is 7.06. The van der Waals surface area contributed by atoms with Gasteiger partial charge in [0.15, 0.2) is 0 Å². The number of nitrogens with zero attached hydrogens (tertiary/aromatic N) is 4. The van der Waals surface area contributed by atoms with E-state index in [0.29, 0.717) is 5.96 Å². The van der Waals surface area contributed by atoms with E-state index >= 15 is 0 Å². The minimum absolute atomic E-state index is 0. The Bertz CT molecular complexity index is 292. The van der Waals surface area contributed by atoms with Gasteiger partial charge in [-0.3, -0.25) is 0 Å². The molecule has 0 aromatic heterocycles. The molecule has 0 spiro atoms. The van der Waals surface area contributed by atoms with E-state index in [1.807, 2.05) is 12.4 Å². The van der Waals surface area contributed by atoms with Crippen molar-refractivity contribution in [1.29, 1.82) is 0 Å². The second-order valence-electron chi connectivity index (χ2n) is 4.03. The zero-order valence-corrected chi connectivity index (χ0v) is 14.9. The van der Waals surface area contributed by atoms with Crippen LogP contribution in [0.2, 0.25) is 0 Å². The van der Waals surface area contributed by atoms with Crippen LogP contribution >= 0.6 is 0 Å². The van der Waals surface area contributed by atoms with Gasteiger partial charge in [-0.05, 0) is 19.3 Å². The molecule has 3 N–H and O–H groups in total. The number of hydrogen-bond donors (Lipinski definition) is 2. The highest BCUT2D eigenvalue weighted by Crippen LogP contribution is 1.82. The van der Waals surface area contributed by atoms with Gasteiger partial charge in [0.2, 0.25) is 0 Å². The smallest absolute Gasteiger partial charge is 0.365 e. The summed E-state index contributed by atoms with van der Waals surface area (Å²) in [4.78, 5) is 0. The molecule has 116 valence electrons. The van der Waals surface area contributed by atoms with E-state index in [0.717, 1.165) is 38.5 Å². The van der Waals surface area contributed by atoms with E-state index in [-0.39, 0.29) is 24.0 Å². The van der Waals surface area contributed by atoms with Crippen molar-refractivity contribution in [3.63, 3.8) is 0 Å². The van der Waals surface area contributed by atoms with Gasteiger partial charge in [-0.15, -0.1) is 0 Å². The van der Waals surface area contributed by atoms with Crippen LogP contribution in [0, 0.1) is 0 Å². The summed E-state index contributed by atoms with van der Waals surface area (Å²) in [5, 5.41) is 16.3. The van der Waals surface area contributed by atoms with E-state index in [1.165, 1.54) is 0 Å². The summed E-state index contributed by atoms with van der Waals surface area (Å²) in [7, 11) is 0. The molecule has 20 heavy (non-hydrogen) atoms. The highest BCUT2D eigenvalue weighted by molar-refractivity contribution is 5.72. The molecule has 0 aromatic rings. The molecule has 0 aliphatic carbocycles. The Morgan fingerprint density at radius 3 is 2.20 bits per heavy atom. The first-order chi connectivity index (χ1) is 9.35. The summed E-state index contributed by atoms with van der Waals surface area (Å²) >= 11 is 0. The van der Waals surface area contributed by atoms with Crippen LogP contribution in [0.25, 0.3) is 0 Å². The molecule has 0 bridgehead atoms. The molecule has 0 heterocycles. The van der Waals surface area contributed by atoms with Crippen molar-refractivity contribution in [1.82, 2.24) is 5.43 Å². The zero-order chi connectivity index (χ0) is 14.2. The molecule has 0 saturated carbocycles. The van der Waals surface area contributed by atoms with Gasteiger partial charge in [0.05, 0.1) is 6.21 Å². The molecule has 0 saturated heterocycles. The lowest BCUT2D eigenvalue weighted by Crippen LogP contribution is -3.00. The number of guanidine groups is 1. The standard InChI is InChI=1S/C13H26N6.HI/c1-4-7-10-14-17-13(18-15-11-8-5-2)19-16-12-9-6-3;/h10-12H,4-9H2,1-3H3,(H2,17,18,19);1H. The quantitative estimate of drug-likeness (QED) is 0.168. The Kier molecular flexibility index (Phi) is 19.5. The second kappa shape index (κ2) is 18.2. The highest BCUT2D eigenvalue weighted by Gasteiger charge is 1.99. The maximum atomic E-state index is 4.17. The fourth-order valence-electron chi connectivity index (χ4n) is 0.999. The van der Waals surface area contributed by atoms with Crippen LogP contribution in [-0.2, 0) is 0 Å². The number of nitrogens with one attached hydrogen (secondary N) is 1. The predicted molar refractivity (Wildman–Crippen MR) is 82.7 cm³/mol. The molecule has 0 aliphatic heterocycles. The van der Waals surface area contributed by atoms with Crippen molar-refractivity contribution < 1.29 is 29.4 Å². The number of hydrogen-bond acceptors (Lipinski definition) is 4. The minimum Gasteiger partial charge on any atom is -1.00 e. The third-order valence-corrected chi connectivity index (χ3v) is 2.07. The van der Waals surface area contributed by atoms with E-state index in [2.05, 4.69) is 46.6 Å². The van der Waals surface area contributed by atoms with Gasteiger partial charge in [-0.25, -0.2) is 5.43 Å². The average Bonchev–Trinajstić information content (AvgIpc) is 2.43. The van der Waals surface area contributed by atoms with Crippen LogP contribution in [0.1, 0.15) is 59.3 Å². The minimum atomic E-state index is 0. The molecule has 7 heteroatoms. The van der Waals surface area contributed by atoms with E-state index in [4.69, 9.17) is 0 Å². The van der Waals surface area contributed by atoms with Crippen molar-refractivity contribution >= 4 is 24.6 Å². The van der Waals surface area contributed by atoms with Crippen molar-refractivity contribution in [2.24, 2.45) is 20.4 Å². The Hall–Kier alpha value is -0.830. The van der Waals surface area contributed by atoms with Crippen molar-refractivity contribution in [2.75, 3.05) is 0 Å². The number of nitrogens with two attached hydrogens (primary N) is 1. The average molecular weight is 394 g/mol. The maximum Gasteiger partial charge on any atom is 0.365 e. The van der Waals surface area contributed by atoms with Crippen LogP contribution < -0.4 is 34.8 Å². The zero-order valence-electron chi connectivity index (χ0n) is 12.7. The Morgan fingerprint density at radius 2 is 1.55 bits per heavy atom. The molecule has 0 fully saturated rings. The van der Waals surface area contributed by atoms with Crippen LogP contribution in [-0.4, -0.2) is 24.6 Å². The third kappa shape index (κ3) is 15.2. The van der Waals surface area contributed by atoms with E-state index < -0.39 is 0 Å². The molecule has 0 unspecified atom stereocenters. The number of quaternary nitrogens is 1. The topological polar surface area (TPSA) is 78.1 Å². The van der Waals surface area contributed by atoms with Crippen LogP contribution in [0.3, 0.4) is 0 Å². The molecule has 6 nitrogen and oxygen atoms in total. The molecule has 0 amide bonds. The lowest BCUT2D eigenvalue weighted by Gasteiger charge is -1.96. The number of unbranched alkanes of at least 4 members (excludes halogenated alkanes) is 3. The summed E-state index contributed by atoms with van der Waals surface area (Å²) in [6.45, 7) is 6.33.